The van der Waals surface area contributed by atoms with Gasteiger partial charge in [-0.15, -0.1) is 0 Å². The van der Waals surface area contributed by atoms with E-state index in [2.05, 4.69) is 53.8 Å². The number of aromatic amines is 1. The van der Waals surface area contributed by atoms with E-state index in [4.69, 9.17) is 9.47 Å². The van der Waals surface area contributed by atoms with Gasteiger partial charge in [-0.05, 0) is 40.8 Å². The van der Waals surface area contributed by atoms with Crippen LogP contribution in [0, 0.1) is 0 Å². The SMILES string of the molecule is CCc1cccc2c(C(CC(=O)NCCOC)c3ccc(OCc4ccccc4)cc3)c[nH]c12. The summed E-state index contributed by atoms with van der Waals surface area (Å²) < 4.78 is 11.0. The van der Waals surface area contributed by atoms with Gasteiger partial charge in [0.1, 0.15) is 12.4 Å². The molecule has 0 fully saturated rings. The smallest absolute Gasteiger partial charge is 0.221 e. The van der Waals surface area contributed by atoms with Gasteiger partial charge in [0.25, 0.3) is 0 Å². The molecule has 0 radical (unpaired) electrons. The first-order valence-corrected chi connectivity index (χ1v) is 11.8. The van der Waals surface area contributed by atoms with Crippen molar-refractivity contribution in [2.75, 3.05) is 20.3 Å². The Bertz CT molecular complexity index is 1200. The second kappa shape index (κ2) is 11.5. The molecule has 4 rings (SSSR count). The average Bonchev–Trinajstić information content (AvgIpc) is 3.31. The van der Waals surface area contributed by atoms with Crippen molar-refractivity contribution in [2.24, 2.45) is 0 Å². The summed E-state index contributed by atoms with van der Waals surface area (Å²) in [5.41, 5.74) is 5.76. The van der Waals surface area contributed by atoms with Crippen LogP contribution in [0.5, 0.6) is 5.75 Å². The van der Waals surface area contributed by atoms with E-state index in [9.17, 15) is 4.79 Å². The number of para-hydroxylation sites is 1. The molecule has 0 spiro atoms. The quantitative estimate of drug-likeness (QED) is 0.289. The van der Waals surface area contributed by atoms with Crippen molar-refractivity contribution in [1.29, 1.82) is 0 Å². The number of benzene rings is 3. The lowest BCUT2D eigenvalue weighted by Crippen LogP contribution is -2.28. The molecule has 34 heavy (non-hydrogen) atoms. The van der Waals surface area contributed by atoms with Crippen LogP contribution >= 0.6 is 0 Å². The van der Waals surface area contributed by atoms with E-state index >= 15 is 0 Å². The molecule has 0 bridgehead atoms. The van der Waals surface area contributed by atoms with Gasteiger partial charge < -0.3 is 19.8 Å². The third kappa shape index (κ3) is 5.67. The van der Waals surface area contributed by atoms with E-state index in [1.165, 1.54) is 10.9 Å². The number of rotatable bonds is 11. The highest BCUT2D eigenvalue weighted by molar-refractivity contribution is 5.88. The molecule has 0 aliphatic rings. The van der Waals surface area contributed by atoms with Gasteiger partial charge in [-0.2, -0.15) is 0 Å². The lowest BCUT2D eigenvalue weighted by Gasteiger charge is -2.18. The average molecular weight is 457 g/mol. The van der Waals surface area contributed by atoms with E-state index in [-0.39, 0.29) is 11.8 Å². The highest BCUT2D eigenvalue weighted by Crippen LogP contribution is 2.35. The molecule has 0 saturated carbocycles. The number of hydrogen-bond donors (Lipinski definition) is 2. The number of amides is 1. The molecule has 176 valence electrons. The number of aromatic nitrogens is 1. The normalized spacial score (nSPS) is 11.9. The predicted octanol–water partition coefficient (Wildman–Crippen LogP) is 5.59. The second-order valence-electron chi connectivity index (χ2n) is 8.38. The van der Waals surface area contributed by atoms with E-state index in [0.717, 1.165) is 34.4 Å². The number of hydrogen-bond acceptors (Lipinski definition) is 3. The van der Waals surface area contributed by atoms with Crippen molar-refractivity contribution >= 4 is 16.8 Å². The molecule has 3 aromatic carbocycles. The zero-order valence-electron chi connectivity index (χ0n) is 19.8. The Labute approximate surface area is 201 Å². The number of ether oxygens (including phenoxy) is 2. The van der Waals surface area contributed by atoms with Crippen LogP contribution in [0.4, 0.5) is 0 Å². The van der Waals surface area contributed by atoms with Crippen molar-refractivity contribution in [3.8, 4) is 5.75 Å². The molecule has 5 heteroatoms. The maximum atomic E-state index is 12.8. The van der Waals surface area contributed by atoms with Crippen LogP contribution in [-0.2, 0) is 22.6 Å². The molecule has 1 aromatic heterocycles. The summed E-state index contributed by atoms with van der Waals surface area (Å²) in [4.78, 5) is 16.2. The minimum Gasteiger partial charge on any atom is -0.489 e. The predicted molar refractivity (Wildman–Crippen MR) is 136 cm³/mol. The number of fused-ring (bicyclic) bond motifs is 1. The van der Waals surface area contributed by atoms with Crippen LogP contribution in [0.25, 0.3) is 10.9 Å². The molecule has 2 N–H and O–H groups in total. The number of methoxy groups -OCH3 is 1. The first kappa shape index (κ1) is 23.6. The molecule has 0 saturated heterocycles. The minimum atomic E-state index is -0.0772. The third-order valence-electron chi connectivity index (χ3n) is 6.14. The number of nitrogens with one attached hydrogen (secondary N) is 2. The molecule has 0 aliphatic carbocycles. The van der Waals surface area contributed by atoms with Gasteiger partial charge >= 0.3 is 0 Å². The van der Waals surface area contributed by atoms with Crippen molar-refractivity contribution < 1.29 is 14.3 Å². The maximum Gasteiger partial charge on any atom is 0.221 e. The van der Waals surface area contributed by atoms with Crippen LogP contribution in [0.15, 0.2) is 79.0 Å². The molecular weight excluding hydrogens is 424 g/mol. The molecular formula is C29H32N2O3. The molecule has 0 aliphatic heterocycles. The molecule has 1 unspecified atom stereocenters. The van der Waals surface area contributed by atoms with Crippen molar-refractivity contribution in [3.05, 3.63) is 101 Å². The summed E-state index contributed by atoms with van der Waals surface area (Å²) in [5, 5.41) is 4.13. The Morgan fingerprint density at radius 2 is 1.79 bits per heavy atom. The summed E-state index contributed by atoms with van der Waals surface area (Å²) in [5.74, 6) is 0.738. The van der Waals surface area contributed by atoms with Gasteiger partial charge in [-0.3, -0.25) is 4.79 Å². The first-order chi connectivity index (χ1) is 16.7. The number of aryl methyl sites for hydroxylation is 1. The summed E-state index contributed by atoms with van der Waals surface area (Å²) >= 11 is 0. The standard InChI is InChI=1S/C29H32N2O3/c1-3-22-10-7-11-25-27(19-31-29(22)25)26(18-28(32)30-16-17-33-2)23-12-14-24(15-13-23)34-20-21-8-5-4-6-9-21/h4-15,19,26,31H,3,16-18,20H2,1-2H3,(H,30,32). The highest BCUT2D eigenvalue weighted by atomic mass is 16.5. The molecule has 1 heterocycles. The van der Waals surface area contributed by atoms with Crippen molar-refractivity contribution in [1.82, 2.24) is 10.3 Å². The Balaban J connectivity index is 1.58. The van der Waals surface area contributed by atoms with Gasteiger partial charge in [-0.25, -0.2) is 0 Å². The first-order valence-electron chi connectivity index (χ1n) is 11.8. The lowest BCUT2D eigenvalue weighted by atomic mass is 9.87. The van der Waals surface area contributed by atoms with E-state index in [1.807, 2.05) is 42.5 Å². The van der Waals surface area contributed by atoms with Crippen LogP contribution < -0.4 is 10.1 Å². The Hall–Kier alpha value is -3.57. The Morgan fingerprint density at radius 1 is 1.00 bits per heavy atom. The topological polar surface area (TPSA) is 63.4 Å². The Morgan fingerprint density at radius 3 is 2.53 bits per heavy atom. The van der Waals surface area contributed by atoms with Crippen LogP contribution in [0.2, 0.25) is 0 Å². The van der Waals surface area contributed by atoms with Gasteiger partial charge in [0, 0.05) is 43.1 Å². The van der Waals surface area contributed by atoms with Gasteiger partial charge in [0.05, 0.1) is 6.61 Å². The van der Waals surface area contributed by atoms with Crippen LogP contribution in [0.3, 0.4) is 0 Å². The largest absolute Gasteiger partial charge is 0.489 e. The number of carbonyl (C=O) groups excluding carboxylic acids is 1. The molecule has 1 atom stereocenters. The second-order valence-corrected chi connectivity index (χ2v) is 8.38. The fourth-order valence-electron chi connectivity index (χ4n) is 4.32. The fourth-order valence-corrected chi connectivity index (χ4v) is 4.32. The summed E-state index contributed by atoms with van der Waals surface area (Å²) in [7, 11) is 1.63. The van der Waals surface area contributed by atoms with E-state index in [1.54, 1.807) is 7.11 Å². The number of H-pyrrole nitrogens is 1. The van der Waals surface area contributed by atoms with E-state index in [0.29, 0.717) is 26.2 Å². The van der Waals surface area contributed by atoms with Crippen LogP contribution in [0.1, 0.15) is 41.5 Å². The zero-order chi connectivity index (χ0) is 23.8. The minimum absolute atomic E-state index is 0.00690. The third-order valence-corrected chi connectivity index (χ3v) is 6.14. The highest BCUT2D eigenvalue weighted by Gasteiger charge is 2.22. The lowest BCUT2D eigenvalue weighted by molar-refractivity contribution is -0.121. The summed E-state index contributed by atoms with van der Waals surface area (Å²) in [6, 6.07) is 24.6. The van der Waals surface area contributed by atoms with Crippen molar-refractivity contribution in [2.45, 2.75) is 32.3 Å². The zero-order valence-corrected chi connectivity index (χ0v) is 19.8. The summed E-state index contributed by atoms with van der Waals surface area (Å²) in [6.45, 7) is 3.68. The summed E-state index contributed by atoms with van der Waals surface area (Å²) in [6.07, 6.45) is 3.36. The van der Waals surface area contributed by atoms with E-state index < -0.39 is 0 Å². The fraction of sp³-hybridized carbons (Fsp3) is 0.276. The monoisotopic (exact) mass is 456 g/mol. The molecule has 4 aromatic rings. The van der Waals surface area contributed by atoms with Crippen LogP contribution in [-0.4, -0.2) is 31.2 Å². The molecule has 1 amide bonds. The van der Waals surface area contributed by atoms with Gasteiger partial charge in [0.15, 0.2) is 0 Å². The Kier molecular flexibility index (Phi) is 7.99. The van der Waals surface area contributed by atoms with Gasteiger partial charge in [-0.1, -0.05) is 67.6 Å². The van der Waals surface area contributed by atoms with Gasteiger partial charge in [0.2, 0.25) is 5.91 Å². The molecule has 5 nitrogen and oxygen atoms in total. The maximum absolute atomic E-state index is 12.8. The van der Waals surface area contributed by atoms with Crippen molar-refractivity contribution in [3.63, 3.8) is 0 Å². The number of carbonyl (C=O) groups is 1.